The number of nitrogens with two attached hydrogens (primary N) is 4. The summed E-state index contributed by atoms with van der Waals surface area (Å²) in [6.45, 7) is 0.277. The number of hydrogen-bond donors (Lipinski definition) is 4. The van der Waals surface area contributed by atoms with Crippen molar-refractivity contribution < 1.29 is 14.4 Å². The molecular formula is C7H17N7O3. The number of primary amides is 1. The zero-order valence-electron chi connectivity index (χ0n) is 9.28. The minimum Gasteiger partial charge on any atom is -0.372 e. The summed E-state index contributed by atoms with van der Waals surface area (Å²) in [6, 6.07) is -1.56. The van der Waals surface area contributed by atoms with Gasteiger partial charge < -0.3 is 16.4 Å². The summed E-state index contributed by atoms with van der Waals surface area (Å²) < 4.78 is 0. The van der Waals surface area contributed by atoms with Gasteiger partial charge in [0.25, 0.3) is 0 Å². The molecular weight excluding hydrogens is 230 g/mol. The highest BCUT2D eigenvalue weighted by atomic mass is 16.7. The number of carbonyl (C=O) groups is 2. The van der Waals surface area contributed by atoms with Crippen molar-refractivity contribution in [1.29, 1.82) is 0 Å². The predicted molar refractivity (Wildman–Crippen MR) is 57.4 cm³/mol. The summed E-state index contributed by atoms with van der Waals surface area (Å²) >= 11 is 0. The number of hydrogen-bond acceptors (Lipinski definition) is 7. The highest BCUT2D eigenvalue weighted by Gasteiger charge is 2.18. The van der Waals surface area contributed by atoms with Gasteiger partial charge in [-0.15, -0.1) is 0 Å². The van der Waals surface area contributed by atoms with Gasteiger partial charge in [-0.05, 0) is 19.3 Å². The minimum absolute atomic E-state index is 0.277. The van der Waals surface area contributed by atoms with Crippen molar-refractivity contribution in [2.75, 3.05) is 6.54 Å². The second-order valence-electron chi connectivity index (χ2n) is 3.21. The Kier molecular flexibility index (Phi) is 7.30. The van der Waals surface area contributed by atoms with Gasteiger partial charge in [0.1, 0.15) is 0 Å². The lowest BCUT2D eigenvalue weighted by molar-refractivity contribution is -0.146. The van der Waals surface area contributed by atoms with Gasteiger partial charge in [0.2, 0.25) is 0 Å². The molecule has 0 bridgehead atoms. The summed E-state index contributed by atoms with van der Waals surface area (Å²) in [5.41, 5.74) is 4.92. The van der Waals surface area contributed by atoms with Gasteiger partial charge in [-0.1, -0.05) is 5.22 Å². The topological polar surface area (TPSA) is 175 Å². The van der Waals surface area contributed by atoms with E-state index in [0.29, 0.717) is 19.3 Å². The molecule has 0 aromatic carbocycles. The summed E-state index contributed by atoms with van der Waals surface area (Å²) in [4.78, 5) is 25.7. The average Bonchev–Trinajstić information content (AvgIpc) is 2.31. The van der Waals surface area contributed by atoms with Crippen LogP contribution in [0.25, 0.3) is 0 Å². The third-order valence-electron chi connectivity index (χ3n) is 2.00. The number of amides is 2. The van der Waals surface area contributed by atoms with Crippen LogP contribution in [-0.4, -0.2) is 29.6 Å². The highest BCUT2D eigenvalue weighted by Crippen LogP contribution is 2.06. The van der Waals surface area contributed by atoms with E-state index in [-0.39, 0.29) is 6.54 Å². The summed E-state index contributed by atoms with van der Waals surface area (Å²) in [5.74, 6) is 14.1. The molecule has 0 rings (SSSR count). The van der Waals surface area contributed by atoms with E-state index in [9.17, 15) is 9.59 Å². The van der Waals surface area contributed by atoms with Crippen LogP contribution in [0.5, 0.6) is 0 Å². The molecule has 17 heavy (non-hydrogen) atoms. The first kappa shape index (κ1) is 15.1. The molecule has 0 aliphatic rings. The summed E-state index contributed by atoms with van der Waals surface area (Å²) in [5, 5.41) is 7.34. The van der Waals surface area contributed by atoms with Crippen LogP contribution in [-0.2, 0) is 9.63 Å². The Hall–Kier alpha value is -1.94. The highest BCUT2D eigenvalue weighted by molar-refractivity contribution is 5.75. The molecule has 0 fully saturated rings. The first-order valence-corrected chi connectivity index (χ1v) is 4.85. The van der Waals surface area contributed by atoms with E-state index in [2.05, 4.69) is 15.2 Å². The van der Waals surface area contributed by atoms with E-state index in [4.69, 9.17) is 23.3 Å². The fourth-order valence-electron chi connectivity index (χ4n) is 1.11. The maximum atomic E-state index is 11.1. The Labute approximate surface area is 97.8 Å². The van der Waals surface area contributed by atoms with Crippen LogP contribution >= 0.6 is 0 Å². The van der Waals surface area contributed by atoms with E-state index < -0.39 is 18.0 Å². The molecule has 8 N–H and O–H groups in total. The van der Waals surface area contributed by atoms with Crippen molar-refractivity contribution in [2.24, 2.45) is 33.7 Å². The molecule has 0 aromatic rings. The third kappa shape index (κ3) is 6.27. The minimum atomic E-state index is -0.843. The monoisotopic (exact) mass is 247 g/mol. The third-order valence-corrected chi connectivity index (χ3v) is 2.00. The number of carbonyl (C=O) groups excluding carboxylic acids is 2. The zero-order chi connectivity index (χ0) is 13.3. The van der Waals surface area contributed by atoms with Gasteiger partial charge in [-0.2, -0.15) is 11.0 Å². The van der Waals surface area contributed by atoms with Gasteiger partial charge in [0.05, 0.1) is 0 Å². The lowest BCUT2D eigenvalue weighted by atomic mass is 10.1. The van der Waals surface area contributed by atoms with Crippen LogP contribution in [0.2, 0.25) is 0 Å². The van der Waals surface area contributed by atoms with E-state index in [1.165, 1.54) is 0 Å². The Morgan fingerprint density at radius 2 is 2.00 bits per heavy atom. The standard InChI is InChI=1S/C7H17N7O3/c8-7(16)14(10)4-2-1-3-5(12-13-9)6(15)17-11/h5H,1-4,10-11H2,(H2,8,16)(H2,9,12)/t5-/m0/s1. The summed E-state index contributed by atoms with van der Waals surface area (Å²) in [6.07, 6.45) is 1.44. The lowest BCUT2D eigenvalue weighted by Gasteiger charge is -2.13. The molecule has 0 aliphatic carbocycles. The van der Waals surface area contributed by atoms with Gasteiger partial charge in [-0.3, -0.25) is 5.01 Å². The van der Waals surface area contributed by atoms with Gasteiger partial charge in [0, 0.05) is 6.54 Å². The first-order valence-electron chi connectivity index (χ1n) is 4.85. The van der Waals surface area contributed by atoms with Crippen LogP contribution in [0.4, 0.5) is 4.79 Å². The second kappa shape index (κ2) is 8.24. The van der Waals surface area contributed by atoms with Gasteiger partial charge in [-0.25, -0.2) is 15.4 Å². The Morgan fingerprint density at radius 1 is 1.35 bits per heavy atom. The van der Waals surface area contributed by atoms with Gasteiger partial charge in [0.15, 0.2) is 6.04 Å². The van der Waals surface area contributed by atoms with Crippen LogP contribution in [0.3, 0.4) is 0 Å². The maximum Gasteiger partial charge on any atom is 0.351 e. The van der Waals surface area contributed by atoms with E-state index >= 15 is 0 Å². The summed E-state index contributed by atoms with van der Waals surface area (Å²) in [7, 11) is 0. The molecule has 10 heteroatoms. The Balaban J connectivity index is 3.91. The molecule has 0 aromatic heterocycles. The van der Waals surface area contributed by atoms with E-state index in [1.54, 1.807) is 0 Å². The zero-order valence-corrected chi connectivity index (χ0v) is 9.28. The van der Waals surface area contributed by atoms with Crippen molar-refractivity contribution in [3.8, 4) is 0 Å². The lowest BCUT2D eigenvalue weighted by Crippen LogP contribution is -2.41. The van der Waals surface area contributed by atoms with Crippen LogP contribution < -0.4 is 23.3 Å². The average molecular weight is 247 g/mol. The van der Waals surface area contributed by atoms with E-state index in [1.807, 2.05) is 0 Å². The largest absolute Gasteiger partial charge is 0.372 e. The van der Waals surface area contributed by atoms with Crippen molar-refractivity contribution in [1.82, 2.24) is 5.01 Å². The molecule has 0 saturated heterocycles. The Bertz CT molecular complexity index is 283. The first-order chi connectivity index (χ1) is 8.02. The number of unbranched alkanes of at least 4 members (excludes halogenated alkanes) is 1. The molecule has 0 radical (unpaired) electrons. The van der Waals surface area contributed by atoms with Crippen molar-refractivity contribution in [3.05, 3.63) is 0 Å². The normalized spacial score (nSPS) is 12.4. The van der Waals surface area contributed by atoms with Crippen LogP contribution in [0, 0.1) is 0 Å². The molecule has 0 unspecified atom stereocenters. The molecule has 1 atom stereocenters. The van der Waals surface area contributed by atoms with Crippen LogP contribution in [0.15, 0.2) is 10.3 Å². The van der Waals surface area contributed by atoms with Crippen molar-refractivity contribution >= 4 is 12.0 Å². The van der Waals surface area contributed by atoms with Crippen LogP contribution in [0.1, 0.15) is 19.3 Å². The number of urea groups is 1. The molecule has 2 amide bonds. The van der Waals surface area contributed by atoms with Crippen molar-refractivity contribution in [2.45, 2.75) is 25.3 Å². The molecule has 0 saturated carbocycles. The fourth-order valence-corrected chi connectivity index (χ4v) is 1.11. The fraction of sp³-hybridized carbons (Fsp3) is 0.714. The molecule has 98 valence electrons. The Morgan fingerprint density at radius 3 is 2.47 bits per heavy atom. The van der Waals surface area contributed by atoms with E-state index in [0.717, 1.165) is 5.01 Å². The number of rotatable bonds is 7. The SMILES string of the molecule is NN=N[C@@H](CCCCN(N)C(N)=O)C(=O)ON. The quantitative estimate of drug-likeness (QED) is 0.140. The number of nitrogens with zero attached hydrogens (tertiary/aromatic N) is 3. The predicted octanol–water partition coefficient (Wildman–Crippen LogP) is -1.48. The smallest absolute Gasteiger partial charge is 0.351 e. The second-order valence-corrected chi connectivity index (χ2v) is 3.21. The molecule has 0 heterocycles. The molecule has 10 nitrogen and oxygen atoms in total. The van der Waals surface area contributed by atoms with Crippen molar-refractivity contribution in [3.63, 3.8) is 0 Å². The van der Waals surface area contributed by atoms with Gasteiger partial charge >= 0.3 is 12.0 Å². The number of hydrazine groups is 1. The maximum absolute atomic E-state index is 11.1. The molecule has 0 aliphatic heterocycles. The molecule has 0 spiro atoms.